The average Bonchev–Trinajstić information content (AvgIpc) is 3.04. The van der Waals surface area contributed by atoms with Crippen molar-refractivity contribution in [2.75, 3.05) is 7.11 Å². The molecular formula is C15H13ClN4O3. The number of rotatable bonds is 4. The first-order valence-corrected chi connectivity index (χ1v) is 7.17. The molecule has 0 aliphatic carbocycles. The van der Waals surface area contributed by atoms with Crippen LogP contribution in [-0.4, -0.2) is 26.8 Å². The Balaban J connectivity index is 1.93. The number of hydrogen-bond acceptors (Lipinski definition) is 6. The smallest absolute Gasteiger partial charge is 0.252 e. The molecule has 0 radical (unpaired) electrons. The summed E-state index contributed by atoms with van der Waals surface area (Å²) < 4.78 is 11.9. The van der Waals surface area contributed by atoms with E-state index in [2.05, 4.69) is 15.1 Å². The Labute approximate surface area is 136 Å². The van der Waals surface area contributed by atoms with Crippen molar-refractivity contribution in [3.05, 3.63) is 58.1 Å². The molecule has 0 spiro atoms. The molecule has 1 unspecified atom stereocenters. The van der Waals surface area contributed by atoms with Gasteiger partial charge in [-0.25, -0.2) is 0 Å². The highest BCUT2D eigenvalue weighted by atomic mass is 35.5. The number of ether oxygens (including phenoxy) is 1. The molecular weight excluding hydrogens is 320 g/mol. The van der Waals surface area contributed by atoms with Crippen molar-refractivity contribution in [2.24, 2.45) is 0 Å². The van der Waals surface area contributed by atoms with Gasteiger partial charge in [-0.1, -0.05) is 16.8 Å². The maximum atomic E-state index is 12.0. The molecule has 0 N–H and O–H groups in total. The van der Waals surface area contributed by atoms with Gasteiger partial charge in [-0.15, -0.1) is 0 Å². The number of hydrogen-bond donors (Lipinski definition) is 0. The maximum absolute atomic E-state index is 12.0. The molecule has 1 atom stereocenters. The number of methoxy groups -OCH3 is 1. The second-order valence-corrected chi connectivity index (χ2v) is 5.27. The van der Waals surface area contributed by atoms with Gasteiger partial charge in [-0.3, -0.25) is 9.78 Å². The van der Waals surface area contributed by atoms with E-state index in [1.165, 1.54) is 10.6 Å². The SMILES string of the molecule is COc1cncc(-c2noc(C(C)n3ccc(Cl)cc3=O)n2)c1. The highest BCUT2D eigenvalue weighted by Gasteiger charge is 2.18. The lowest BCUT2D eigenvalue weighted by Gasteiger charge is -2.10. The van der Waals surface area contributed by atoms with Crippen LogP contribution in [0.3, 0.4) is 0 Å². The maximum Gasteiger partial charge on any atom is 0.252 e. The van der Waals surface area contributed by atoms with E-state index in [1.54, 1.807) is 44.8 Å². The molecule has 0 amide bonds. The van der Waals surface area contributed by atoms with Crippen molar-refractivity contribution in [3.8, 4) is 17.1 Å². The summed E-state index contributed by atoms with van der Waals surface area (Å²) in [5.41, 5.74) is 0.419. The second kappa shape index (κ2) is 6.21. The third kappa shape index (κ3) is 3.09. The van der Waals surface area contributed by atoms with Crippen molar-refractivity contribution in [1.82, 2.24) is 19.7 Å². The number of pyridine rings is 2. The zero-order chi connectivity index (χ0) is 16.4. The van der Waals surface area contributed by atoms with E-state index in [0.29, 0.717) is 28.1 Å². The van der Waals surface area contributed by atoms with Crippen LogP contribution >= 0.6 is 11.6 Å². The van der Waals surface area contributed by atoms with Crippen molar-refractivity contribution in [1.29, 1.82) is 0 Å². The van der Waals surface area contributed by atoms with E-state index in [9.17, 15) is 4.79 Å². The zero-order valence-electron chi connectivity index (χ0n) is 12.4. The van der Waals surface area contributed by atoms with Gasteiger partial charge in [0.25, 0.3) is 5.56 Å². The predicted octanol–water partition coefficient (Wildman–Crippen LogP) is 2.56. The van der Waals surface area contributed by atoms with Crippen molar-refractivity contribution in [3.63, 3.8) is 0 Å². The van der Waals surface area contributed by atoms with Gasteiger partial charge < -0.3 is 13.8 Å². The summed E-state index contributed by atoms with van der Waals surface area (Å²) in [6, 6.07) is 4.30. The minimum atomic E-state index is -0.417. The van der Waals surface area contributed by atoms with E-state index in [-0.39, 0.29) is 5.56 Å². The zero-order valence-corrected chi connectivity index (χ0v) is 13.2. The lowest BCUT2D eigenvalue weighted by atomic mass is 10.2. The minimum Gasteiger partial charge on any atom is -0.495 e. The number of halogens is 1. The quantitative estimate of drug-likeness (QED) is 0.730. The first-order valence-electron chi connectivity index (χ1n) is 6.79. The van der Waals surface area contributed by atoms with Gasteiger partial charge in [0, 0.05) is 29.0 Å². The first kappa shape index (κ1) is 15.2. The van der Waals surface area contributed by atoms with Crippen LogP contribution in [0.1, 0.15) is 18.9 Å². The predicted molar refractivity (Wildman–Crippen MR) is 83.6 cm³/mol. The van der Waals surface area contributed by atoms with Crippen LogP contribution in [0.5, 0.6) is 5.75 Å². The molecule has 0 aromatic carbocycles. The van der Waals surface area contributed by atoms with Gasteiger partial charge in [-0.2, -0.15) is 4.98 Å². The Morgan fingerprint density at radius 2 is 2.17 bits per heavy atom. The van der Waals surface area contributed by atoms with Crippen LogP contribution in [0.2, 0.25) is 5.02 Å². The van der Waals surface area contributed by atoms with Crippen LogP contribution in [-0.2, 0) is 0 Å². The van der Waals surface area contributed by atoms with Gasteiger partial charge >= 0.3 is 0 Å². The Bertz CT molecular complexity index is 890. The summed E-state index contributed by atoms with van der Waals surface area (Å²) in [6.07, 6.45) is 4.78. The monoisotopic (exact) mass is 332 g/mol. The van der Waals surface area contributed by atoms with E-state index in [1.807, 2.05) is 0 Å². The normalized spacial score (nSPS) is 12.1. The summed E-state index contributed by atoms with van der Waals surface area (Å²) in [5.74, 6) is 1.28. The van der Waals surface area contributed by atoms with Gasteiger partial charge in [0.15, 0.2) is 0 Å². The molecule has 3 aromatic heterocycles. The molecule has 7 nitrogen and oxygen atoms in total. The van der Waals surface area contributed by atoms with Crippen LogP contribution < -0.4 is 10.3 Å². The molecule has 0 bridgehead atoms. The molecule has 3 heterocycles. The van der Waals surface area contributed by atoms with Gasteiger partial charge in [0.1, 0.15) is 11.8 Å². The molecule has 0 aliphatic heterocycles. The van der Waals surface area contributed by atoms with Crippen LogP contribution in [0.25, 0.3) is 11.4 Å². The topological polar surface area (TPSA) is 83.0 Å². The van der Waals surface area contributed by atoms with Crippen LogP contribution in [0.4, 0.5) is 0 Å². The Hall–Kier alpha value is -2.67. The molecule has 3 rings (SSSR count). The van der Waals surface area contributed by atoms with Gasteiger partial charge in [0.05, 0.1) is 13.3 Å². The molecule has 0 saturated carbocycles. The van der Waals surface area contributed by atoms with E-state index in [4.69, 9.17) is 20.9 Å². The number of aromatic nitrogens is 4. The Morgan fingerprint density at radius 1 is 1.35 bits per heavy atom. The highest BCUT2D eigenvalue weighted by Crippen LogP contribution is 2.22. The molecule has 118 valence electrons. The molecule has 23 heavy (non-hydrogen) atoms. The third-order valence-corrected chi connectivity index (χ3v) is 3.57. The summed E-state index contributed by atoms with van der Waals surface area (Å²) >= 11 is 5.80. The third-order valence-electron chi connectivity index (χ3n) is 3.33. The number of nitrogens with zero attached hydrogens (tertiary/aromatic N) is 4. The van der Waals surface area contributed by atoms with Crippen molar-refractivity contribution in [2.45, 2.75) is 13.0 Å². The first-order chi connectivity index (χ1) is 11.1. The fourth-order valence-corrected chi connectivity index (χ4v) is 2.23. The van der Waals surface area contributed by atoms with Crippen LogP contribution in [0.15, 0.2) is 46.1 Å². The molecule has 0 aliphatic rings. The molecule has 8 heteroatoms. The van der Waals surface area contributed by atoms with Gasteiger partial charge in [-0.05, 0) is 19.1 Å². The van der Waals surface area contributed by atoms with E-state index >= 15 is 0 Å². The summed E-state index contributed by atoms with van der Waals surface area (Å²) in [7, 11) is 1.55. The van der Waals surface area contributed by atoms with Crippen LogP contribution in [0, 0.1) is 0 Å². The summed E-state index contributed by atoms with van der Waals surface area (Å²) in [6.45, 7) is 1.79. The largest absolute Gasteiger partial charge is 0.495 e. The summed E-state index contributed by atoms with van der Waals surface area (Å²) in [5, 5.41) is 4.31. The lowest BCUT2D eigenvalue weighted by molar-refractivity contribution is 0.343. The fourth-order valence-electron chi connectivity index (χ4n) is 2.08. The Morgan fingerprint density at radius 3 is 2.91 bits per heavy atom. The lowest BCUT2D eigenvalue weighted by Crippen LogP contribution is -2.22. The molecule has 0 saturated heterocycles. The Kier molecular flexibility index (Phi) is 4.12. The minimum absolute atomic E-state index is 0.243. The highest BCUT2D eigenvalue weighted by molar-refractivity contribution is 6.30. The average molecular weight is 333 g/mol. The molecule has 3 aromatic rings. The fraction of sp³-hybridized carbons (Fsp3) is 0.200. The standard InChI is InChI=1S/C15H13ClN4O3/c1-9(20-4-3-11(16)6-13(20)21)15-18-14(19-23-15)10-5-12(22-2)8-17-7-10/h3-9H,1-2H3. The van der Waals surface area contributed by atoms with Crippen molar-refractivity contribution >= 4 is 11.6 Å². The van der Waals surface area contributed by atoms with Crippen molar-refractivity contribution < 1.29 is 9.26 Å². The van der Waals surface area contributed by atoms with E-state index < -0.39 is 6.04 Å². The summed E-state index contributed by atoms with van der Waals surface area (Å²) in [4.78, 5) is 20.4. The second-order valence-electron chi connectivity index (χ2n) is 4.84. The van der Waals surface area contributed by atoms with Gasteiger partial charge in [0.2, 0.25) is 11.7 Å². The molecule has 0 fully saturated rings. The van der Waals surface area contributed by atoms with E-state index in [0.717, 1.165) is 0 Å².